The van der Waals surface area contributed by atoms with Crippen molar-refractivity contribution in [2.45, 2.75) is 52.6 Å². The van der Waals surface area contributed by atoms with Crippen LogP contribution in [0.25, 0.3) is 0 Å². The van der Waals surface area contributed by atoms with Crippen LogP contribution in [-0.4, -0.2) is 28.8 Å². The molecule has 108 valence electrons. The zero-order valence-corrected chi connectivity index (χ0v) is 14.2. The van der Waals surface area contributed by atoms with Gasteiger partial charge in [0.15, 0.2) is 0 Å². The Kier molecular flexibility index (Phi) is 5.33. The molecule has 0 unspecified atom stereocenters. The average Bonchev–Trinajstić information content (AvgIpc) is 2.21. The second-order valence-electron chi connectivity index (χ2n) is 6.41. The maximum atomic E-state index is 5.61. The van der Waals surface area contributed by atoms with Crippen molar-refractivity contribution in [2.75, 3.05) is 13.2 Å². The summed E-state index contributed by atoms with van der Waals surface area (Å²) in [4.78, 5) is 8.79. The van der Waals surface area contributed by atoms with E-state index in [1.807, 2.05) is 20.8 Å². The smallest absolute Gasteiger partial charge is 0.217 e. The third kappa shape index (κ3) is 6.34. The van der Waals surface area contributed by atoms with E-state index in [0.717, 1.165) is 10.4 Å². The molecule has 1 aromatic rings. The van der Waals surface area contributed by atoms with Crippen molar-refractivity contribution in [3.05, 3.63) is 16.5 Å². The molecule has 0 amide bonds. The zero-order chi connectivity index (χ0) is 14.7. The number of hydrogen-bond donors (Lipinski definition) is 0. The van der Waals surface area contributed by atoms with E-state index < -0.39 is 0 Å². The Morgan fingerprint density at radius 1 is 1.05 bits per heavy atom. The lowest BCUT2D eigenvalue weighted by molar-refractivity contribution is -0.0168. The molecule has 1 aromatic heterocycles. The fourth-order valence-electron chi connectivity index (χ4n) is 1.30. The molecular formula is C14H23BrN2O2. The highest BCUT2D eigenvalue weighted by Crippen LogP contribution is 2.23. The fraction of sp³-hybridized carbons (Fsp3) is 0.714. The molecule has 0 spiro atoms. The summed E-state index contributed by atoms with van der Waals surface area (Å²) in [7, 11) is 0. The summed E-state index contributed by atoms with van der Waals surface area (Å²) in [6, 6.07) is 1.77. The summed E-state index contributed by atoms with van der Waals surface area (Å²) in [6.45, 7) is 13.3. The summed E-state index contributed by atoms with van der Waals surface area (Å²) in [5.74, 6) is 1.33. The van der Waals surface area contributed by atoms with Crippen molar-refractivity contribution in [3.8, 4) is 5.88 Å². The molecule has 19 heavy (non-hydrogen) atoms. The number of nitrogens with zero attached hydrogens (tertiary/aromatic N) is 2. The SMILES string of the molecule is CC(C)(C)OCCOc1cc(Br)nc(C(C)(C)C)n1. The number of rotatable bonds is 4. The van der Waals surface area contributed by atoms with Gasteiger partial charge in [0, 0.05) is 11.5 Å². The quantitative estimate of drug-likeness (QED) is 0.623. The fourth-order valence-corrected chi connectivity index (χ4v) is 1.66. The minimum atomic E-state index is -0.147. The van der Waals surface area contributed by atoms with Crippen LogP contribution in [0.5, 0.6) is 5.88 Å². The number of ether oxygens (including phenoxy) is 2. The van der Waals surface area contributed by atoms with Gasteiger partial charge in [-0.25, -0.2) is 4.98 Å². The van der Waals surface area contributed by atoms with E-state index in [2.05, 4.69) is 46.7 Å². The van der Waals surface area contributed by atoms with Crippen LogP contribution in [0, 0.1) is 0 Å². The van der Waals surface area contributed by atoms with E-state index in [-0.39, 0.29) is 11.0 Å². The summed E-state index contributed by atoms with van der Waals surface area (Å²) < 4.78 is 11.9. The van der Waals surface area contributed by atoms with Gasteiger partial charge in [0.1, 0.15) is 17.0 Å². The molecule has 0 atom stereocenters. The first-order chi connectivity index (χ1) is 8.58. The molecule has 0 saturated heterocycles. The molecular weight excluding hydrogens is 308 g/mol. The summed E-state index contributed by atoms with van der Waals surface area (Å²) in [5.41, 5.74) is -0.254. The molecule has 0 saturated carbocycles. The van der Waals surface area contributed by atoms with Crippen LogP contribution >= 0.6 is 15.9 Å². The lowest BCUT2D eigenvalue weighted by Crippen LogP contribution is -2.23. The van der Waals surface area contributed by atoms with E-state index in [1.54, 1.807) is 6.07 Å². The Balaban J connectivity index is 2.62. The molecule has 0 aliphatic carbocycles. The molecule has 0 fully saturated rings. The molecule has 5 heteroatoms. The van der Waals surface area contributed by atoms with Crippen molar-refractivity contribution >= 4 is 15.9 Å². The minimum Gasteiger partial charge on any atom is -0.475 e. The highest BCUT2D eigenvalue weighted by molar-refractivity contribution is 9.10. The Bertz CT molecular complexity index is 422. The summed E-state index contributed by atoms with van der Waals surface area (Å²) in [5, 5.41) is 0. The van der Waals surface area contributed by atoms with Crippen molar-refractivity contribution in [1.82, 2.24) is 9.97 Å². The van der Waals surface area contributed by atoms with E-state index in [0.29, 0.717) is 19.1 Å². The maximum Gasteiger partial charge on any atom is 0.217 e. The highest BCUT2D eigenvalue weighted by atomic mass is 79.9. The van der Waals surface area contributed by atoms with Gasteiger partial charge in [0.05, 0.1) is 12.2 Å². The van der Waals surface area contributed by atoms with Crippen molar-refractivity contribution in [2.24, 2.45) is 0 Å². The number of hydrogen-bond acceptors (Lipinski definition) is 4. The molecule has 0 bridgehead atoms. The van der Waals surface area contributed by atoms with E-state index in [1.165, 1.54) is 0 Å². The Morgan fingerprint density at radius 3 is 2.21 bits per heavy atom. The van der Waals surface area contributed by atoms with Gasteiger partial charge >= 0.3 is 0 Å². The largest absolute Gasteiger partial charge is 0.475 e. The molecule has 4 nitrogen and oxygen atoms in total. The second kappa shape index (κ2) is 6.18. The maximum absolute atomic E-state index is 5.61. The van der Waals surface area contributed by atoms with E-state index in [9.17, 15) is 0 Å². The van der Waals surface area contributed by atoms with Gasteiger partial charge in [-0.1, -0.05) is 20.8 Å². The van der Waals surface area contributed by atoms with Gasteiger partial charge in [-0.3, -0.25) is 0 Å². The van der Waals surface area contributed by atoms with E-state index in [4.69, 9.17) is 9.47 Å². The first-order valence-corrected chi connectivity index (χ1v) is 7.19. The zero-order valence-electron chi connectivity index (χ0n) is 12.6. The van der Waals surface area contributed by atoms with Crippen LogP contribution in [0.15, 0.2) is 10.7 Å². The molecule has 0 N–H and O–H groups in total. The first kappa shape index (κ1) is 16.4. The van der Waals surface area contributed by atoms with Crippen LogP contribution in [0.4, 0.5) is 0 Å². The van der Waals surface area contributed by atoms with Gasteiger partial charge in [0.2, 0.25) is 5.88 Å². The number of aromatic nitrogens is 2. The minimum absolute atomic E-state index is 0.107. The lowest BCUT2D eigenvalue weighted by atomic mass is 9.96. The predicted octanol–water partition coefficient (Wildman–Crippen LogP) is 3.73. The Labute approximate surface area is 124 Å². The molecule has 0 aliphatic heterocycles. The third-order valence-electron chi connectivity index (χ3n) is 2.21. The molecule has 0 radical (unpaired) electrons. The standard InChI is InChI=1S/C14H23BrN2O2/c1-13(2,3)12-16-10(15)9-11(17-12)18-7-8-19-14(4,5)6/h9H,7-8H2,1-6H3. The van der Waals surface area contributed by atoms with Gasteiger partial charge in [-0.2, -0.15) is 4.98 Å². The summed E-state index contributed by atoms with van der Waals surface area (Å²) >= 11 is 3.38. The topological polar surface area (TPSA) is 44.2 Å². The van der Waals surface area contributed by atoms with Gasteiger partial charge in [0.25, 0.3) is 0 Å². The van der Waals surface area contributed by atoms with Crippen LogP contribution in [0.3, 0.4) is 0 Å². The van der Waals surface area contributed by atoms with Gasteiger partial charge < -0.3 is 9.47 Å². The van der Waals surface area contributed by atoms with Gasteiger partial charge in [-0.05, 0) is 36.7 Å². The van der Waals surface area contributed by atoms with Gasteiger partial charge in [-0.15, -0.1) is 0 Å². The molecule has 0 aliphatic rings. The van der Waals surface area contributed by atoms with Crippen molar-refractivity contribution in [1.29, 1.82) is 0 Å². The van der Waals surface area contributed by atoms with Crippen LogP contribution < -0.4 is 4.74 Å². The average molecular weight is 331 g/mol. The summed E-state index contributed by atoms with van der Waals surface area (Å²) in [6.07, 6.45) is 0. The second-order valence-corrected chi connectivity index (χ2v) is 7.22. The van der Waals surface area contributed by atoms with Crippen molar-refractivity contribution in [3.63, 3.8) is 0 Å². The van der Waals surface area contributed by atoms with Crippen LogP contribution in [-0.2, 0) is 10.2 Å². The van der Waals surface area contributed by atoms with Crippen LogP contribution in [0.2, 0.25) is 0 Å². The lowest BCUT2D eigenvalue weighted by Gasteiger charge is -2.20. The normalized spacial score (nSPS) is 12.6. The molecule has 1 rings (SSSR count). The Hall–Kier alpha value is -0.680. The highest BCUT2D eigenvalue weighted by Gasteiger charge is 2.19. The van der Waals surface area contributed by atoms with Crippen LogP contribution in [0.1, 0.15) is 47.4 Å². The van der Waals surface area contributed by atoms with Crippen molar-refractivity contribution < 1.29 is 9.47 Å². The van der Waals surface area contributed by atoms with E-state index >= 15 is 0 Å². The number of halogens is 1. The molecule has 1 heterocycles. The predicted molar refractivity (Wildman–Crippen MR) is 79.6 cm³/mol. The Morgan fingerprint density at radius 2 is 1.68 bits per heavy atom. The monoisotopic (exact) mass is 330 g/mol. The first-order valence-electron chi connectivity index (χ1n) is 6.40. The third-order valence-corrected chi connectivity index (χ3v) is 2.62. The molecule has 0 aromatic carbocycles.